The largest absolute Gasteiger partial charge is 0.358 e. The molecule has 0 aliphatic carbocycles. The molecule has 0 saturated carbocycles. The lowest BCUT2D eigenvalue weighted by Gasteiger charge is -1.96. The maximum Gasteiger partial charge on any atom is 0.235 e. The zero-order valence-electron chi connectivity index (χ0n) is 13.6. The molecule has 0 spiro atoms. The number of nitrogens with zero attached hydrogens (tertiary/aromatic N) is 4. The lowest BCUT2D eigenvalue weighted by Crippen LogP contribution is -2.50. The number of hydrogen-bond acceptors (Lipinski definition) is 5. The van der Waals surface area contributed by atoms with E-state index in [9.17, 15) is 0 Å². The molecular formula is C17H22N5S2+. The second-order valence-corrected chi connectivity index (χ2v) is 7.69. The maximum atomic E-state index is 4.64. The normalized spacial score (nSPS) is 11.7. The molecule has 0 atom stereocenters. The smallest absolute Gasteiger partial charge is 0.235 e. The van der Waals surface area contributed by atoms with Crippen molar-refractivity contribution < 1.29 is 5.73 Å². The van der Waals surface area contributed by atoms with Gasteiger partial charge in [-0.2, -0.15) is 4.52 Å². The summed E-state index contributed by atoms with van der Waals surface area (Å²) < 4.78 is 2.94. The topological polar surface area (TPSA) is 70.7 Å². The molecule has 2 heterocycles. The minimum absolute atomic E-state index is 0.886. The fraction of sp³-hybridized carbons (Fsp3) is 0.353. The molecule has 5 nitrogen and oxygen atoms in total. The summed E-state index contributed by atoms with van der Waals surface area (Å²) in [5.41, 5.74) is 5.10. The van der Waals surface area contributed by atoms with Crippen molar-refractivity contribution in [1.29, 1.82) is 0 Å². The van der Waals surface area contributed by atoms with E-state index >= 15 is 0 Å². The van der Waals surface area contributed by atoms with E-state index in [2.05, 4.69) is 45.3 Å². The van der Waals surface area contributed by atoms with Gasteiger partial charge in [-0.1, -0.05) is 65.6 Å². The first-order valence-electron chi connectivity index (χ1n) is 8.21. The number of unbranched alkanes of at least 4 members (excludes halogenated alkanes) is 2. The number of benzene rings is 1. The molecule has 0 radical (unpaired) electrons. The quantitative estimate of drug-likeness (QED) is 0.470. The summed E-state index contributed by atoms with van der Waals surface area (Å²) in [6.07, 6.45) is 8.73. The van der Waals surface area contributed by atoms with Gasteiger partial charge in [0.2, 0.25) is 4.96 Å². The lowest BCUT2D eigenvalue weighted by atomic mass is 10.2. The summed E-state index contributed by atoms with van der Waals surface area (Å²) in [7, 11) is 0. The molecule has 0 aliphatic rings. The van der Waals surface area contributed by atoms with Gasteiger partial charge in [0, 0.05) is 12.2 Å². The van der Waals surface area contributed by atoms with Gasteiger partial charge in [-0.15, -0.1) is 15.3 Å². The van der Waals surface area contributed by atoms with Gasteiger partial charge in [0.15, 0.2) is 10.2 Å². The molecule has 0 amide bonds. The Hall–Kier alpha value is -1.70. The van der Waals surface area contributed by atoms with Crippen molar-refractivity contribution >= 4 is 34.1 Å². The Bertz CT molecular complexity index is 779. The number of thioether (sulfide) groups is 1. The Labute approximate surface area is 150 Å². The average molecular weight is 361 g/mol. The van der Waals surface area contributed by atoms with Gasteiger partial charge in [-0.3, -0.25) is 0 Å². The van der Waals surface area contributed by atoms with Crippen LogP contribution in [0.1, 0.15) is 30.7 Å². The molecule has 7 heteroatoms. The van der Waals surface area contributed by atoms with Gasteiger partial charge in [0.25, 0.3) is 0 Å². The van der Waals surface area contributed by atoms with Crippen molar-refractivity contribution in [2.45, 2.75) is 30.0 Å². The monoisotopic (exact) mass is 360 g/mol. The zero-order valence-corrected chi connectivity index (χ0v) is 15.2. The highest BCUT2D eigenvalue weighted by Crippen LogP contribution is 2.25. The fourth-order valence-electron chi connectivity index (χ4n) is 2.36. The summed E-state index contributed by atoms with van der Waals surface area (Å²) in [4.78, 5) is 0.886. The number of fused-ring (bicyclic) bond motifs is 1. The first-order chi connectivity index (χ1) is 11.9. The van der Waals surface area contributed by atoms with Gasteiger partial charge >= 0.3 is 0 Å². The third kappa shape index (κ3) is 4.66. The van der Waals surface area contributed by atoms with E-state index in [0.717, 1.165) is 40.3 Å². The second-order valence-electron chi connectivity index (χ2n) is 5.47. The molecule has 1 aromatic carbocycles. The van der Waals surface area contributed by atoms with E-state index in [1.165, 1.54) is 18.4 Å². The highest BCUT2D eigenvalue weighted by Gasteiger charge is 2.11. The number of aryl methyl sites for hydroxylation is 1. The summed E-state index contributed by atoms with van der Waals surface area (Å²) in [6.45, 7) is 1.00. The van der Waals surface area contributed by atoms with Crippen molar-refractivity contribution in [2.24, 2.45) is 0 Å². The van der Waals surface area contributed by atoms with Crippen LogP contribution in [0, 0.1) is 0 Å². The SMILES string of the molecule is [NH3+]CCCCCc1nnc2sc(SC/C=C/c3ccccc3)nn12. The summed E-state index contributed by atoms with van der Waals surface area (Å²) in [6, 6.07) is 10.3. The molecule has 0 fully saturated rings. The second kappa shape index (κ2) is 8.96. The first kappa shape index (κ1) is 17.1. The highest BCUT2D eigenvalue weighted by atomic mass is 32.2. The van der Waals surface area contributed by atoms with Gasteiger partial charge in [0.05, 0.1) is 6.54 Å². The van der Waals surface area contributed by atoms with Crippen molar-refractivity contribution in [1.82, 2.24) is 19.8 Å². The Morgan fingerprint density at radius 1 is 1.12 bits per heavy atom. The van der Waals surface area contributed by atoms with Crippen molar-refractivity contribution in [3.05, 3.63) is 47.8 Å². The Kier molecular flexibility index (Phi) is 6.40. The fourth-order valence-corrected chi connectivity index (χ4v) is 4.09. The van der Waals surface area contributed by atoms with Crippen LogP contribution in [0.25, 0.3) is 11.0 Å². The van der Waals surface area contributed by atoms with Gasteiger partial charge in [0.1, 0.15) is 0 Å². The average Bonchev–Trinajstić information content (AvgIpc) is 3.17. The van der Waals surface area contributed by atoms with Crippen LogP contribution < -0.4 is 5.73 Å². The minimum atomic E-state index is 0.886. The molecule has 0 aliphatic heterocycles. The molecule has 24 heavy (non-hydrogen) atoms. The highest BCUT2D eigenvalue weighted by molar-refractivity contribution is 8.01. The number of rotatable bonds is 9. The van der Waals surface area contributed by atoms with E-state index in [1.54, 1.807) is 23.1 Å². The lowest BCUT2D eigenvalue weighted by molar-refractivity contribution is -0.368. The predicted molar refractivity (Wildman–Crippen MR) is 100 cm³/mol. The number of quaternary nitrogens is 1. The van der Waals surface area contributed by atoms with Gasteiger partial charge in [-0.25, -0.2) is 0 Å². The molecule has 3 N–H and O–H groups in total. The van der Waals surface area contributed by atoms with E-state index in [1.807, 2.05) is 22.7 Å². The molecular weight excluding hydrogens is 338 g/mol. The Morgan fingerprint density at radius 3 is 2.83 bits per heavy atom. The van der Waals surface area contributed by atoms with Crippen LogP contribution in [-0.2, 0) is 6.42 Å². The van der Waals surface area contributed by atoms with Crippen LogP contribution >= 0.6 is 23.1 Å². The molecule has 2 aromatic heterocycles. The molecule has 3 aromatic rings. The standard InChI is InChI=1S/C17H21N5S2/c18-12-6-2-5-11-15-19-20-16-22(15)21-17(24-16)23-13-7-10-14-8-3-1-4-9-14/h1,3-4,7-10H,2,5-6,11-13,18H2/p+1/b10-7+. The van der Waals surface area contributed by atoms with Gasteiger partial charge in [-0.05, 0) is 24.8 Å². The van der Waals surface area contributed by atoms with E-state index in [-0.39, 0.29) is 0 Å². The Balaban J connectivity index is 1.54. The molecule has 126 valence electrons. The van der Waals surface area contributed by atoms with Gasteiger partial charge < -0.3 is 5.73 Å². The molecule has 0 saturated heterocycles. The van der Waals surface area contributed by atoms with Crippen LogP contribution in [0.2, 0.25) is 0 Å². The minimum Gasteiger partial charge on any atom is -0.358 e. The van der Waals surface area contributed by atoms with Crippen molar-refractivity contribution in [2.75, 3.05) is 12.3 Å². The number of aromatic nitrogens is 4. The molecule has 0 unspecified atom stereocenters. The third-order valence-corrected chi connectivity index (χ3v) is 5.58. The Morgan fingerprint density at radius 2 is 2.00 bits per heavy atom. The van der Waals surface area contributed by atoms with Crippen LogP contribution in [0.15, 0.2) is 40.7 Å². The van der Waals surface area contributed by atoms with Crippen LogP contribution in [-0.4, -0.2) is 32.1 Å². The predicted octanol–water partition coefficient (Wildman–Crippen LogP) is 2.95. The van der Waals surface area contributed by atoms with Crippen LogP contribution in [0.4, 0.5) is 0 Å². The van der Waals surface area contributed by atoms with Crippen LogP contribution in [0.5, 0.6) is 0 Å². The maximum absolute atomic E-state index is 4.64. The number of hydrogen-bond donors (Lipinski definition) is 1. The van der Waals surface area contributed by atoms with E-state index < -0.39 is 0 Å². The van der Waals surface area contributed by atoms with E-state index in [4.69, 9.17) is 0 Å². The summed E-state index contributed by atoms with van der Waals surface area (Å²) in [5, 5.41) is 13.1. The summed E-state index contributed by atoms with van der Waals surface area (Å²) in [5.74, 6) is 1.87. The van der Waals surface area contributed by atoms with Crippen LogP contribution in [0.3, 0.4) is 0 Å². The third-order valence-electron chi connectivity index (χ3n) is 3.60. The van der Waals surface area contributed by atoms with Crippen molar-refractivity contribution in [3.63, 3.8) is 0 Å². The molecule has 3 rings (SSSR count). The first-order valence-corrected chi connectivity index (χ1v) is 10.0. The summed E-state index contributed by atoms with van der Waals surface area (Å²) >= 11 is 3.34. The van der Waals surface area contributed by atoms with Crippen molar-refractivity contribution in [3.8, 4) is 0 Å². The molecule has 0 bridgehead atoms. The van der Waals surface area contributed by atoms with E-state index in [0.29, 0.717) is 0 Å². The zero-order chi connectivity index (χ0) is 16.6.